The third kappa shape index (κ3) is 1.73. The molecular weight excluding hydrogens is 228 g/mol. The van der Waals surface area contributed by atoms with Crippen LogP contribution < -0.4 is 10.6 Å². The molecule has 0 bridgehead atoms. The van der Waals surface area contributed by atoms with Crippen molar-refractivity contribution in [3.63, 3.8) is 0 Å². The molecule has 96 valence electrons. The number of aryl methyl sites for hydroxylation is 1. The normalized spacial score (nSPS) is 15.9. The summed E-state index contributed by atoms with van der Waals surface area (Å²) in [5.74, 6) is 1.79. The van der Waals surface area contributed by atoms with E-state index in [2.05, 4.69) is 20.1 Å². The van der Waals surface area contributed by atoms with Crippen molar-refractivity contribution in [3.8, 4) is 0 Å². The Morgan fingerprint density at radius 1 is 1.44 bits per heavy atom. The molecule has 0 aromatic carbocycles. The molecule has 1 aliphatic rings. The van der Waals surface area contributed by atoms with E-state index in [1.54, 1.807) is 6.20 Å². The van der Waals surface area contributed by atoms with Crippen molar-refractivity contribution in [2.75, 3.05) is 18.0 Å². The quantitative estimate of drug-likeness (QED) is 0.862. The van der Waals surface area contributed by atoms with Crippen LogP contribution in [0, 0.1) is 6.92 Å². The van der Waals surface area contributed by atoms with Crippen molar-refractivity contribution in [1.82, 2.24) is 19.6 Å². The molecule has 6 heteroatoms. The molecule has 0 saturated heterocycles. The number of aromatic nitrogens is 4. The van der Waals surface area contributed by atoms with E-state index in [-0.39, 0.29) is 0 Å². The van der Waals surface area contributed by atoms with E-state index in [0.29, 0.717) is 12.6 Å². The fourth-order valence-electron chi connectivity index (χ4n) is 2.43. The van der Waals surface area contributed by atoms with Crippen LogP contribution in [0.15, 0.2) is 12.4 Å². The minimum atomic E-state index is 0.559. The van der Waals surface area contributed by atoms with Gasteiger partial charge in [0.05, 0.1) is 0 Å². The fourth-order valence-corrected chi connectivity index (χ4v) is 2.43. The van der Waals surface area contributed by atoms with Crippen molar-refractivity contribution in [3.05, 3.63) is 18.2 Å². The lowest BCUT2D eigenvalue weighted by molar-refractivity contribution is 0.386. The smallest absolute Gasteiger partial charge is 0.203 e. The van der Waals surface area contributed by atoms with Gasteiger partial charge in [-0.15, -0.1) is 10.2 Å². The van der Waals surface area contributed by atoms with Gasteiger partial charge in [-0.05, 0) is 26.2 Å². The van der Waals surface area contributed by atoms with Crippen LogP contribution in [0.2, 0.25) is 0 Å². The summed E-state index contributed by atoms with van der Waals surface area (Å²) < 4.78 is 1.98. The van der Waals surface area contributed by atoms with Crippen LogP contribution in [0.25, 0.3) is 5.65 Å². The van der Waals surface area contributed by atoms with Crippen LogP contribution in [-0.4, -0.2) is 38.7 Å². The van der Waals surface area contributed by atoms with Crippen LogP contribution in [0.5, 0.6) is 0 Å². The van der Waals surface area contributed by atoms with Crippen molar-refractivity contribution >= 4 is 11.5 Å². The Balaban J connectivity index is 2.04. The summed E-state index contributed by atoms with van der Waals surface area (Å²) in [6.45, 7) is 3.40. The van der Waals surface area contributed by atoms with Gasteiger partial charge >= 0.3 is 0 Å². The lowest BCUT2D eigenvalue weighted by Crippen LogP contribution is -2.43. The lowest BCUT2D eigenvalue weighted by Gasteiger charge is -2.38. The molecule has 6 nitrogen and oxygen atoms in total. The van der Waals surface area contributed by atoms with Gasteiger partial charge in [0.15, 0.2) is 5.82 Å². The molecule has 1 fully saturated rings. The summed E-state index contributed by atoms with van der Waals surface area (Å²) in [7, 11) is 0. The van der Waals surface area contributed by atoms with E-state index in [4.69, 9.17) is 5.73 Å². The maximum absolute atomic E-state index is 5.72. The Morgan fingerprint density at radius 2 is 2.28 bits per heavy atom. The van der Waals surface area contributed by atoms with E-state index < -0.39 is 0 Å². The summed E-state index contributed by atoms with van der Waals surface area (Å²) in [6, 6.07) is 0.559. The number of rotatable bonds is 4. The molecule has 2 aromatic rings. The van der Waals surface area contributed by atoms with Gasteiger partial charge in [0, 0.05) is 31.5 Å². The number of nitrogens with two attached hydrogens (primary N) is 1. The number of anilines is 1. The average molecular weight is 246 g/mol. The van der Waals surface area contributed by atoms with E-state index in [1.807, 2.05) is 17.5 Å². The second kappa shape index (κ2) is 4.53. The van der Waals surface area contributed by atoms with Gasteiger partial charge in [-0.25, -0.2) is 4.98 Å². The van der Waals surface area contributed by atoms with Gasteiger partial charge in [0.2, 0.25) is 5.65 Å². The molecule has 2 N–H and O–H groups in total. The van der Waals surface area contributed by atoms with Crippen LogP contribution in [0.1, 0.15) is 25.1 Å². The highest BCUT2D eigenvalue weighted by Crippen LogP contribution is 2.29. The summed E-state index contributed by atoms with van der Waals surface area (Å²) in [5, 5.41) is 8.35. The molecule has 0 unspecified atom stereocenters. The SMILES string of the molecule is Cc1nnc2c(N(CCN)C3CCC3)nccn12. The zero-order valence-corrected chi connectivity index (χ0v) is 10.6. The second-order valence-corrected chi connectivity index (χ2v) is 4.76. The van der Waals surface area contributed by atoms with E-state index in [1.165, 1.54) is 19.3 Å². The molecule has 2 heterocycles. The van der Waals surface area contributed by atoms with E-state index >= 15 is 0 Å². The Kier molecular flexibility index (Phi) is 2.87. The van der Waals surface area contributed by atoms with Crippen LogP contribution in [0.3, 0.4) is 0 Å². The summed E-state index contributed by atoms with van der Waals surface area (Å²) in [6.07, 6.45) is 7.43. The van der Waals surface area contributed by atoms with Crippen molar-refractivity contribution in [1.29, 1.82) is 0 Å². The Labute approximate surface area is 106 Å². The standard InChI is InChI=1S/C12H18N6/c1-9-15-16-12-11(14-6-8-17(9)12)18(7-5-13)10-3-2-4-10/h6,8,10H,2-5,7,13H2,1H3. The minimum absolute atomic E-state index is 0.559. The molecule has 0 radical (unpaired) electrons. The zero-order chi connectivity index (χ0) is 12.5. The van der Waals surface area contributed by atoms with E-state index in [0.717, 1.165) is 23.8 Å². The highest BCUT2D eigenvalue weighted by atomic mass is 15.3. The molecule has 2 aromatic heterocycles. The summed E-state index contributed by atoms with van der Waals surface area (Å²) in [5.41, 5.74) is 6.55. The lowest BCUT2D eigenvalue weighted by atomic mass is 9.91. The van der Waals surface area contributed by atoms with Gasteiger partial charge in [0.1, 0.15) is 5.82 Å². The van der Waals surface area contributed by atoms with E-state index in [9.17, 15) is 0 Å². The first kappa shape index (κ1) is 11.4. The third-order valence-corrected chi connectivity index (χ3v) is 3.64. The summed E-state index contributed by atoms with van der Waals surface area (Å²) in [4.78, 5) is 6.77. The van der Waals surface area contributed by atoms with Crippen molar-refractivity contribution in [2.24, 2.45) is 5.73 Å². The second-order valence-electron chi connectivity index (χ2n) is 4.76. The molecule has 1 aliphatic carbocycles. The predicted molar refractivity (Wildman–Crippen MR) is 69.6 cm³/mol. The first-order valence-corrected chi connectivity index (χ1v) is 6.44. The highest BCUT2D eigenvalue weighted by molar-refractivity contribution is 5.64. The number of hydrogen-bond donors (Lipinski definition) is 1. The van der Waals surface area contributed by atoms with Crippen LogP contribution >= 0.6 is 0 Å². The fraction of sp³-hybridized carbons (Fsp3) is 0.583. The molecule has 0 amide bonds. The zero-order valence-electron chi connectivity index (χ0n) is 10.6. The minimum Gasteiger partial charge on any atom is -0.349 e. The Bertz CT molecular complexity index is 544. The van der Waals surface area contributed by atoms with Gasteiger partial charge < -0.3 is 10.6 Å². The first-order chi connectivity index (χ1) is 8.81. The Hall–Kier alpha value is -1.69. The molecule has 18 heavy (non-hydrogen) atoms. The van der Waals surface area contributed by atoms with Crippen LogP contribution in [-0.2, 0) is 0 Å². The predicted octanol–water partition coefficient (Wildman–Crippen LogP) is 0.750. The summed E-state index contributed by atoms with van der Waals surface area (Å²) >= 11 is 0. The molecule has 0 aliphatic heterocycles. The van der Waals surface area contributed by atoms with Crippen molar-refractivity contribution in [2.45, 2.75) is 32.2 Å². The Morgan fingerprint density at radius 3 is 2.94 bits per heavy atom. The molecular formula is C12H18N6. The largest absolute Gasteiger partial charge is 0.349 e. The monoisotopic (exact) mass is 246 g/mol. The van der Waals surface area contributed by atoms with Gasteiger partial charge in [-0.1, -0.05) is 0 Å². The maximum atomic E-state index is 5.72. The first-order valence-electron chi connectivity index (χ1n) is 6.44. The highest BCUT2D eigenvalue weighted by Gasteiger charge is 2.27. The molecule has 0 spiro atoms. The molecule has 3 rings (SSSR count). The van der Waals surface area contributed by atoms with Gasteiger partial charge in [-0.3, -0.25) is 4.40 Å². The third-order valence-electron chi connectivity index (χ3n) is 3.64. The molecule has 1 saturated carbocycles. The maximum Gasteiger partial charge on any atom is 0.203 e. The topological polar surface area (TPSA) is 72.3 Å². The molecule has 0 atom stereocenters. The van der Waals surface area contributed by atoms with Crippen LogP contribution in [0.4, 0.5) is 5.82 Å². The number of fused-ring (bicyclic) bond motifs is 1. The van der Waals surface area contributed by atoms with Crippen molar-refractivity contribution < 1.29 is 0 Å². The average Bonchev–Trinajstić information content (AvgIpc) is 2.69. The van der Waals surface area contributed by atoms with Gasteiger partial charge in [0.25, 0.3) is 0 Å². The number of hydrogen-bond acceptors (Lipinski definition) is 5. The van der Waals surface area contributed by atoms with Gasteiger partial charge in [-0.2, -0.15) is 0 Å². The number of nitrogens with zero attached hydrogens (tertiary/aromatic N) is 5.